The molecule has 2 aromatic rings. The Morgan fingerprint density at radius 1 is 1.30 bits per heavy atom. The second-order valence-corrected chi connectivity index (χ2v) is 5.55. The summed E-state index contributed by atoms with van der Waals surface area (Å²) in [5.74, 6) is -0.243. The number of pyridine rings is 1. The van der Waals surface area contributed by atoms with Crippen LogP contribution < -0.4 is 10.2 Å². The van der Waals surface area contributed by atoms with Crippen molar-refractivity contribution in [3.63, 3.8) is 0 Å². The Bertz CT molecular complexity index is 629. The molecule has 0 amide bonds. The van der Waals surface area contributed by atoms with E-state index in [2.05, 4.69) is 31.1 Å². The Morgan fingerprint density at radius 2 is 2.00 bits per heavy atom. The van der Waals surface area contributed by atoms with Crippen molar-refractivity contribution < 1.29 is 4.39 Å². The smallest absolute Gasteiger partial charge is 0.125 e. The highest BCUT2D eigenvalue weighted by atomic mass is 79.9. The third kappa shape index (κ3) is 2.75. The number of anilines is 1. The van der Waals surface area contributed by atoms with Gasteiger partial charge in [0.2, 0.25) is 0 Å². The molecule has 0 saturated carbocycles. The third-order valence-electron chi connectivity index (χ3n) is 3.46. The van der Waals surface area contributed by atoms with Crippen LogP contribution in [0.25, 0.3) is 10.9 Å². The molecule has 1 saturated heterocycles. The standard InChI is InChI=1S/C14H15BrFN3.ClH/c1-9-13(15)14(19-6-4-17-5-7-19)11-3-2-10(16)8-12(11)18-9;/h2-3,8,17H,4-7H2,1H3;1H. The van der Waals surface area contributed by atoms with Crippen LogP contribution in [0.1, 0.15) is 5.69 Å². The van der Waals surface area contributed by atoms with Crippen molar-refractivity contribution in [1.29, 1.82) is 0 Å². The van der Waals surface area contributed by atoms with Crippen LogP contribution in [0.3, 0.4) is 0 Å². The zero-order valence-corrected chi connectivity index (χ0v) is 13.5. The van der Waals surface area contributed by atoms with Gasteiger partial charge in [0.25, 0.3) is 0 Å². The lowest BCUT2D eigenvalue weighted by molar-refractivity contribution is 0.589. The van der Waals surface area contributed by atoms with Crippen molar-refractivity contribution in [1.82, 2.24) is 10.3 Å². The molecular weight excluding hydrogens is 345 g/mol. The van der Waals surface area contributed by atoms with Crippen LogP contribution in [0.15, 0.2) is 22.7 Å². The van der Waals surface area contributed by atoms with Gasteiger partial charge < -0.3 is 10.2 Å². The van der Waals surface area contributed by atoms with Crippen molar-refractivity contribution >= 4 is 44.9 Å². The SMILES string of the molecule is Cc1nc2cc(F)ccc2c(N2CCNCC2)c1Br.Cl. The zero-order chi connectivity index (χ0) is 13.4. The van der Waals surface area contributed by atoms with Gasteiger partial charge in [-0.1, -0.05) is 0 Å². The molecule has 0 atom stereocenters. The number of rotatable bonds is 1. The summed E-state index contributed by atoms with van der Waals surface area (Å²) < 4.78 is 14.4. The highest BCUT2D eigenvalue weighted by molar-refractivity contribution is 9.10. The maximum absolute atomic E-state index is 13.4. The fourth-order valence-electron chi connectivity index (χ4n) is 2.51. The summed E-state index contributed by atoms with van der Waals surface area (Å²) in [5.41, 5.74) is 2.74. The second-order valence-electron chi connectivity index (χ2n) is 4.76. The van der Waals surface area contributed by atoms with E-state index in [1.165, 1.54) is 12.1 Å². The van der Waals surface area contributed by atoms with E-state index in [9.17, 15) is 4.39 Å². The Hall–Kier alpha value is -0.910. The number of aryl methyl sites for hydroxylation is 1. The van der Waals surface area contributed by atoms with Crippen molar-refractivity contribution in [3.8, 4) is 0 Å². The number of hydrogen-bond acceptors (Lipinski definition) is 3. The van der Waals surface area contributed by atoms with Gasteiger partial charge in [-0.05, 0) is 35.0 Å². The summed E-state index contributed by atoms with van der Waals surface area (Å²) in [7, 11) is 0. The highest BCUT2D eigenvalue weighted by Gasteiger charge is 2.18. The van der Waals surface area contributed by atoms with Crippen LogP contribution in [0, 0.1) is 12.7 Å². The fourth-order valence-corrected chi connectivity index (χ4v) is 3.07. The van der Waals surface area contributed by atoms with E-state index in [1.54, 1.807) is 0 Å². The minimum atomic E-state index is -0.243. The Kier molecular flexibility index (Phi) is 4.83. The maximum Gasteiger partial charge on any atom is 0.125 e. The maximum atomic E-state index is 13.4. The summed E-state index contributed by atoms with van der Waals surface area (Å²) in [6.45, 7) is 5.79. The monoisotopic (exact) mass is 359 g/mol. The van der Waals surface area contributed by atoms with Gasteiger partial charge in [0.1, 0.15) is 5.82 Å². The molecule has 20 heavy (non-hydrogen) atoms. The van der Waals surface area contributed by atoms with Crippen LogP contribution in [-0.2, 0) is 0 Å². The van der Waals surface area contributed by atoms with Gasteiger partial charge in [-0.3, -0.25) is 4.98 Å². The molecule has 0 spiro atoms. The first kappa shape index (κ1) is 15.5. The third-order valence-corrected chi connectivity index (χ3v) is 4.41. The molecule has 0 unspecified atom stereocenters. The predicted molar refractivity (Wildman–Crippen MR) is 86.5 cm³/mol. The first-order chi connectivity index (χ1) is 9.16. The molecule has 1 aliphatic rings. The van der Waals surface area contributed by atoms with Crippen molar-refractivity contribution in [2.24, 2.45) is 0 Å². The van der Waals surface area contributed by atoms with E-state index in [4.69, 9.17) is 0 Å². The van der Waals surface area contributed by atoms with Crippen molar-refractivity contribution in [2.75, 3.05) is 31.1 Å². The molecule has 0 radical (unpaired) electrons. The van der Waals surface area contributed by atoms with E-state index in [1.807, 2.05) is 13.0 Å². The van der Waals surface area contributed by atoms with Gasteiger partial charge in [-0.25, -0.2) is 4.39 Å². The van der Waals surface area contributed by atoms with Gasteiger partial charge in [-0.15, -0.1) is 12.4 Å². The summed E-state index contributed by atoms with van der Waals surface area (Å²) in [5, 5.41) is 4.34. The highest BCUT2D eigenvalue weighted by Crippen LogP contribution is 2.36. The minimum absolute atomic E-state index is 0. The molecule has 6 heteroatoms. The number of halogens is 3. The number of benzene rings is 1. The minimum Gasteiger partial charge on any atom is -0.367 e. The molecule has 108 valence electrons. The lowest BCUT2D eigenvalue weighted by Crippen LogP contribution is -2.43. The lowest BCUT2D eigenvalue weighted by Gasteiger charge is -2.31. The van der Waals surface area contributed by atoms with Crippen molar-refractivity contribution in [2.45, 2.75) is 6.92 Å². The summed E-state index contributed by atoms with van der Waals surface area (Å²) in [6, 6.07) is 4.82. The average Bonchev–Trinajstić information content (AvgIpc) is 2.41. The van der Waals surface area contributed by atoms with E-state index in [0.717, 1.165) is 47.4 Å². The molecule has 0 aliphatic carbocycles. The van der Waals surface area contributed by atoms with Gasteiger partial charge >= 0.3 is 0 Å². The second kappa shape index (κ2) is 6.24. The van der Waals surface area contributed by atoms with Crippen LogP contribution in [0.2, 0.25) is 0 Å². The largest absolute Gasteiger partial charge is 0.367 e. The Balaban J connectivity index is 0.00000147. The molecule has 3 nitrogen and oxygen atoms in total. The first-order valence-corrected chi connectivity index (χ1v) is 7.17. The summed E-state index contributed by atoms with van der Waals surface area (Å²) >= 11 is 3.64. The molecule has 1 aromatic carbocycles. The number of hydrogen-bond donors (Lipinski definition) is 1. The number of nitrogens with one attached hydrogen (secondary N) is 1. The van der Waals surface area contributed by atoms with Crippen LogP contribution in [0.5, 0.6) is 0 Å². The van der Waals surface area contributed by atoms with Gasteiger partial charge in [-0.2, -0.15) is 0 Å². The molecule has 0 bridgehead atoms. The van der Waals surface area contributed by atoms with Crippen molar-refractivity contribution in [3.05, 3.63) is 34.2 Å². The quantitative estimate of drug-likeness (QED) is 0.846. The van der Waals surface area contributed by atoms with E-state index >= 15 is 0 Å². The predicted octanol–water partition coefficient (Wildman–Crippen LogP) is 3.28. The van der Waals surface area contributed by atoms with Gasteiger partial charge in [0.05, 0.1) is 21.4 Å². The lowest BCUT2D eigenvalue weighted by atomic mass is 10.1. The number of nitrogens with zero attached hydrogens (tertiary/aromatic N) is 2. The zero-order valence-electron chi connectivity index (χ0n) is 11.1. The summed E-state index contributed by atoms with van der Waals surface area (Å²) in [4.78, 5) is 6.79. The number of piperazine rings is 1. The normalized spacial score (nSPS) is 15.2. The van der Waals surface area contributed by atoms with Crippen LogP contribution >= 0.6 is 28.3 Å². The van der Waals surface area contributed by atoms with Crippen LogP contribution in [0.4, 0.5) is 10.1 Å². The fraction of sp³-hybridized carbons (Fsp3) is 0.357. The Labute approximate surface area is 132 Å². The molecule has 1 aliphatic heterocycles. The van der Waals surface area contributed by atoms with Gasteiger partial charge in [0.15, 0.2) is 0 Å². The average molecular weight is 361 g/mol. The molecule has 1 aromatic heterocycles. The first-order valence-electron chi connectivity index (χ1n) is 6.38. The van der Waals surface area contributed by atoms with Crippen LogP contribution in [-0.4, -0.2) is 31.2 Å². The van der Waals surface area contributed by atoms with E-state index < -0.39 is 0 Å². The Morgan fingerprint density at radius 3 is 2.70 bits per heavy atom. The molecule has 3 rings (SSSR count). The topological polar surface area (TPSA) is 28.2 Å². The molecule has 1 N–H and O–H groups in total. The molecular formula is C14H16BrClFN3. The van der Waals surface area contributed by atoms with Gasteiger partial charge in [0, 0.05) is 37.6 Å². The van der Waals surface area contributed by atoms with E-state index in [0.29, 0.717) is 5.52 Å². The number of fused-ring (bicyclic) bond motifs is 1. The molecule has 2 heterocycles. The molecule has 1 fully saturated rings. The number of aromatic nitrogens is 1. The summed E-state index contributed by atoms with van der Waals surface area (Å²) in [6.07, 6.45) is 0. The van der Waals surface area contributed by atoms with E-state index in [-0.39, 0.29) is 18.2 Å².